The van der Waals surface area contributed by atoms with Crippen molar-refractivity contribution >= 4 is 12.1 Å². The summed E-state index contributed by atoms with van der Waals surface area (Å²) in [6.07, 6.45) is 11.0. The van der Waals surface area contributed by atoms with Crippen LogP contribution in [0.4, 0.5) is 0 Å². The Bertz CT molecular complexity index is 703. The molecule has 2 nitrogen and oxygen atoms in total. The molecule has 27 heavy (non-hydrogen) atoms. The lowest BCUT2D eigenvalue weighted by Crippen LogP contribution is -2.48. The second-order valence-electron chi connectivity index (χ2n) is 11.0. The summed E-state index contributed by atoms with van der Waals surface area (Å²) in [5.74, 6) is 2.79. The summed E-state index contributed by atoms with van der Waals surface area (Å²) in [6, 6.07) is 0. The van der Waals surface area contributed by atoms with Gasteiger partial charge in [0.15, 0.2) is 0 Å². The average molecular weight is 369 g/mol. The first-order valence-electron chi connectivity index (χ1n) is 11.0. The van der Waals surface area contributed by atoms with E-state index in [-0.39, 0.29) is 11.3 Å². The summed E-state index contributed by atoms with van der Waals surface area (Å²) in [4.78, 5) is 24.6. The number of rotatable bonds is 2. The van der Waals surface area contributed by atoms with Crippen molar-refractivity contribution in [2.24, 2.45) is 46.3 Å². The minimum Gasteiger partial charge on any atom is -0.299 e. The van der Waals surface area contributed by atoms with Crippen LogP contribution in [-0.4, -0.2) is 12.1 Å². The second kappa shape index (κ2) is 6.42. The highest BCUT2D eigenvalue weighted by Crippen LogP contribution is 2.66. The molecule has 0 heterocycles. The van der Waals surface area contributed by atoms with E-state index in [9.17, 15) is 9.59 Å². The summed E-state index contributed by atoms with van der Waals surface area (Å²) in [7, 11) is 0. The highest BCUT2D eigenvalue weighted by atomic mass is 16.1. The molecule has 0 spiro atoms. The molecule has 148 valence electrons. The molecule has 0 bridgehead atoms. The minimum atomic E-state index is -0.135. The zero-order valence-corrected chi connectivity index (χ0v) is 17.6. The van der Waals surface area contributed by atoms with Crippen molar-refractivity contribution in [3.63, 3.8) is 0 Å². The molecule has 0 saturated heterocycles. The van der Waals surface area contributed by atoms with Crippen molar-refractivity contribution in [3.05, 3.63) is 23.8 Å². The van der Waals surface area contributed by atoms with Crippen LogP contribution in [0.3, 0.4) is 0 Å². The molecule has 2 heteroatoms. The number of hydrogen-bond acceptors (Lipinski definition) is 2. The van der Waals surface area contributed by atoms with Gasteiger partial charge in [0, 0.05) is 12.3 Å². The van der Waals surface area contributed by atoms with Crippen molar-refractivity contribution in [1.29, 1.82) is 0 Å². The van der Waals surface area contributed by atoms with E-state index in [0.717, 1.165) is 24.7 Å². The van der Waals surface area contributed by atoms with E-state index in [0.29, 0.717) is 47.2 Å². The molecule has 4 aliphatic carbocycles. The quantitative estimate of drug-likeness (QED) is 0.458. The minimum absolute atomic E-state index is 0.135. The molecule has 3 saturated carbocycles. The van der Waals surface area contributed by atoms with E-state index in [4.69, 9.17) is 0 Å². The fraction of sp³-hybridized carbons (Fsp3) is 0.760. The molecule has 0 aliphatic heterocycles. The number of ketones is 1. The fourth-order valence-electron chi connectivity index (χ4n) is 7.77. The Hall–Kier alpha value is -1.18. The predicted octanol–water partition coefficient (Wildman–Crippen LogP) is 5.77. The van der Waals surface area contributed by atoms with Crippen LogP contribution in [0.2, 0.25) is 0 Å². The van der Waals surface area contributed by atoms with Crippen LogP contribution in [0, 0.1) is 46.3 Å². The Kier molecular flexibility index (Phi) is 4.56. The maximum Gasteiger partial charge on any atom is 0.146 e. The Morgan fingerprint density at radius 2 is 1.93 bits per heavy atom. The highest BCUT2D eigenvalue weighted by molar-refractivity contribution is 5.93. The lowest BCUT2D eigenvalue weighted by molar-refractivity contribution is -0.122. The predicted molar refractivity (Wildman–Crippen MR) is 109 cm³/mol. The van der Waals surface area contributed by atoms with Crippen LogP contribution in [-0.2, 0) is 9.59 Å². The normalized spacial score (nSPS) is 51.3. The largest absolute Gasteiger partial charge is 0.299 e. The van der Waals surface area contributed by atoms with Crippen LogP contribution in [0.25, 0.3) is 0 Å². The number of Topliss-reactive ketones (excluding diaryl/α,β-unsaturated/α-hetero) is 1. The van der Waals surface area contributed by atoms with E-state index in [1.54, 1.807) is 0 Å². The third-order valence-corrected chi connectivity index (χ3v) is 9.33. The van der Waals surface area contributed by atoms with Gasteiger partial charge in [0.25, 0.3) is 0 Å². The molecule has 0 unspecified atom stereocenters. The van der Waals surface area contributed by atoms with Gasteiger partial charge in [0.2, 0.25) is 0 Å². The van der Waals surface area contributed by atoms with Gasteiger partial charge in [-0.15, -0.1) is 0 Å². The van der Waals surface area contributed by atoms with E-state index in [2.05, 4.69) is 40.3 Å². The third-order valence-electron chi connectivity index (χ3n) is 9.33. The standard InChI is InChI=1S/C25H36O2/c1-15(2)18-8-9-24(4)10-11-25(5)13-19-16(3)12-21(27)22(19)17(14-26)6-7-20(25)23(18)24/h6,14,16,18-20,22-23H,1,7-13H2,2-5H3/b17-6-/t16-,18+,19-,20-,22-,23+,24-,25+/m0/s1. The van der Waals surface area contributed by atoms with Gasteiger partial charge in [-0.3, -0.25) is 9.59 Å². The number of hydrogen-bond donors (Lipinski definition) is 0. The highest BCUT2D eigenvalue weighted by Gasteiger charge is 2.58. The number of carbonyl (C=O) groups is 2. The number of allylic oxidation sites excluding steroid dienone is 3. The molecule has 4 rings (SSSR count). The van der Waals surface area contributed by atoms with Crippen molar-refractivity contribution < 1.29 is 9.59 Å². The summed E-state index contributed by atoms with van der Waals surface area (Å²) in [5.41, 5.74) is 2.82. The Labute approximate surface area is 164 Å². The molecule has 0 amide bonds. The van der Waals surface area contributed by atoms with E-state index < -0.39 is 0 Å². The summed E-state index contributed by atoms with van der Waals surface area (Å²) >= 11 is 0. The van der Waals surface area contributed by atoms with Crippen molar-refractivity contribution in [2.75, 3.05) is 0 Å². The third kappa shape index (κ3) is 2.81. The maximum absolute atomic E-state index is 12.7. The molecule has 3 fully saturated rings. The van der Waals surface area contributed by atoms with Crippen LogP contribution >= 0.6 is 0 Å². The molecule has 0 radical (unpaired) electrons. The smallest absolute Gasteiger partial charge is 0.146 e. The Morgan fingerprint density at radius 1 is 1.22 bits per heavy atom. The van der Waals surface area contributed by atoms with E-state index in [1.165, 1.54) is 31.3 Å². The zero-order valence-electron chi connectivity index (χ0n) is 17.6. The first kappa shape index (κ1) is 19.2. The summed E-state index contributed by atoms with van der Waals surface area (Å²) < 4.78 is 0. The van der Waals surface area contributed by atoms with Gasteiger partial charge in [0.05, 0.1) is 0 Å². The first-order chi connectivity index (χ1) is 12.7. The molecular formula is C25H36O2. The number of carbonyl (C=O) groups excluding carboxylic acids is 2. The zero-order chi connectivity index (χ0) is 19.6. The van der Waals surface area contributed by atoms with Crippen LogP contribution < -0.4 is 0 Å². The molecule has 0 aromatic rings. The van der Waals surface area contributed by atoms with Gasteiger partial charge in [-0.1, -0.05) is 39.0 Å². The van der Waals surface area contributed by atoms with Gasteiger partial charge in [-0.2, -0.15) is 0 Å². The molecule has 0 N–H and O–H groups in total. The van der Waals surface area contributed by atoms with Gasteiger partial charge in [-0.25, -0.2) is 0 Å². The van der Waals surface area contributed by atoms with Crippen molar-refractivity contribution in [1.82, 2.24) is 0 Å². The van der Waals surface area contributed by atoms with Crippen molar-refractivity contribution in [3.8, 4) is 0 Å². The van der Waals surface area contributed by atoms with Crippen molar-refractivity contribution in [2.45, 2.75) is 72.6 Å². The lowest BCUT2D eigenvalue weighted by Gasteiger charge is -2.55. The first-order valence-corrected chi connectivity index (χ1v) is 11.0. The van der Waals surface area contributed by atoms with Crippen LogP contribution in [0.15, 0.2) is 23.8 Å². The molecule has 4 aliphatic rings. The number of aldehydes is 1. The molecule has 8 atom stereocenters. The number of fused-ring (bicyclic) bond motifs is 4. The van der Waals surface area contributed by atoms with Gasteiger partial charge < -0.3 is 0 Å². The fourth-order valence-corrected chi connectivity index (χ4v) is 7.77. The molecule has 0 aromatic carbocycles. The molecular weight excluding hydrogens is 332 g/mol. The summed E-state index contributed by atoms with van der Waals surface area (Å²) in [6.45, 7) is 13.8. The van der Waals surface area contributed by atoms with Crippen LogP contribution in [0.1, 0.15) is 72.6 Å². The average Bonchev–Trinajstić information content (AvgIpc) is 3.07. The second-order valence-corrected chi connectivity index (χ2v) is 11.0. The van der Waals surface area contributed by atoms with Gasteiger partial charge in [-0.05, 0) is 91.4 Å². The van der Waals surface area contributed by atoms with Crippen LogP contribution in [0.5, 0.6) is 0 Å². The summed E-state index contributed by atoms with van der Waals surface area (Å²) in [5, 5.41) is 0. The molecule has 0 aromatic heterocycles. The Balaban J connectivity index is 1.78. The lowest BCUT2D eigenvalue weighted by atomic mass is 9.49. The monoisotopic (exact) mass is 368 g/mol. The van der Waals surface area contributed by atoms with E-state index in [1.807, 2.05) is 0 Å². The Morgan fingerprint density at radius 3 is 2.59 bits per heavy atom. The topological polar surface area (TPSA) is 34.1 Å². The SMILES string of the molecule is C=C(C)[C@H]1CC[C@@]2(C)CC[C@]3(C)C[C@H]4[C@@H](C)CC(=O)[C@H]4/C(C=O)=C\C[C@H]3[C@@H]12. The maximum atomic E-state index is 12.7. The van der Waals surface area contributed by atoms with E-state index >= 15 is 0 Å². The van der Waals surface area contributed by atoms with Gasteiger partial charge in [0.1, 0.15) is 12.1 Å². The van der Waals surface area contributed by atoms with Gasteiger partial charge >= 0.3 is 0 Å².